The molecule has 0 spiro atoms. The molecular formula is C13H17BCl3NZr. The van der Waals surface area contributed by atoms with E-state index in [1.807, 2.05) is 0 Å². The summed E-state index contributed by atoms with van der Waals surface area (Å²) in [5.41, 5.74) is 1.66. The summed E-state index contributed by atoms with van der Waals surface area (Å²) >= 11 is 1.54. The Hall–Kier alpha value is 0.738. The topological polar surface area (TPSA) is 3.24 Å². The zero-order valence-electron chi connectivity index (χ0n) is 11.3. The van der Waals surface area contributed by atoms with Gasteiger partial charge in [-0.05, 0) is 0 Å². The molecule has 0 unspecified atom stereocenters. The van der Waals surface area contributed by atoms with Gasteiger partial charge in [0.05, 0.1) is 0 Å². The van der Waals surface area contributed by atoms with Gasteiger partial charge < -0.3 is 37.2 Å². The Morgan fingerprint density at radius 2 is 1.58 bits per heavy atom. The number of hydrogen-bond donors (Lipinski definition) is 0. The fourth-order valence-electron chi connectivity index (χ4n) is 2.24. The smallest absolute Gasteiger partial charge is 1.00 e. The van der Waals surface area contributed by atoms with Crippen LogP contribution in [0.5, 0.6) is 0 Å². The Morgan fingerprint density at radius 1 is 1.05 bits per heavy atom. The van der Waals surface area contributed by atoms with Gasteiger partial charge in [-0.1, -0.05) is 0 Å². The van der Waals surface area contributed by atoms with E-state index in [0.717, 1.165) is 6.54 Å². The van der Waals surface area contributed by atoms with Gasteiger partial charge in [0, 0.05) is 0 Å². The maximum atomic E-state index is 2.58. The van der Waals surface area contributed by atoms with E-state index in [-0.39, 0.29) is 42.8 Å². The number of benzene rings is 1. The molecule has 6 heteroatoms. The normalized spacial score (nSPS) is 15.0. The van der Waals surface area contributed by atoms with Gasteiger partial charge in [0.2, 0.25) is 0 Å². The molecule has 19 heavy (non-hydrogen) atoms. The molecular weight excluding hydrogens is 379 g/mol. The zero-order valence-corrected chi connectivity index (χ0v) is 16.1. The van der Waals surface area contributed by atoms with E-state index >= 15 is 0 Å². The maximum Gasteiger partial charge on any atom is -1.00 e. The monoisotopic (exact) mass is 393 g/mol. The molecule has 1 aliphatic rings. The van der Waals surface area contributed by atoms with Crippen molar-refractivity contribution in [3.63, 3.8) is 0 Å². The third-order valence-electron chi connectivity index (χ3n) is 3.09. The van der Waals surface area contributed by atoms with E-state index in [1.165, 1.54) is 5.46 Å². The van der Waals surface area contributed by atoms with Crippen LogP contribution in [0.2, 0.25) is 0 Å². The van der Waals surface area contributed by atoms with Crippen molar-refractivity contribution in [2.24, 2.45) is 0 Å². The second-order valence-corrected chi connectivity index (χ2v) is 6.72. The predicted molar refractivity (Wildman–Crippen MR) is 66.4 cm³/mol. The van der Waals surface area contributed by atoms with Crippen LogP contribution in [0, 0.1) is 0 Å². The van der Waals surface area contributed by atoms with E-state index in [2.05, 4.69) is 62.0 Å². The van der Waals surface area contributed by atoms with Crippen molar-refractivity contribution in [1.82, 2.24) is 4.81 Å². The molecule has 1 nitrogen and oxygen atoms in total. The molecule has 1 aromatic carbocycles. The molecule has 0 aromatic heterocycles. The summed E-state index contributed by atoms with van der Waals surface area (Å²) < 4.78 is 1.56. The Kier molecular flexibility index (Phi) is 10.3. The molecule has 0 atom stereocenters. The zero-order chi connectivity index (χ0) is 11.8. The van der Waals surface area contributed by atoms with Crippen LogP contribution in [0.4, 0.5) is 0 Å². The number of rotatable bonds is 1. The number of halogens is 3. The summed E-state index contributed by atoms with van der Waals surface area (Å²) in [6.45, 7) is 8.48. The molecule has 0 aliphatic carbocycles. The van der Waals surface area contributed by atoms with Crippen molar-refractivity contribution >= 4 is 12.3 Å². The molecule has 0 amide bonds. The van der Waals surface area contributed by atoms with Crippen LogP contribution in [0.25, 0.3) is 0 Å². The van der Waals surface area contributed by atoms with Crippen LogP contribution >= 0.6 is 0 Å². The third kappa shape index (κ3) is 5.21. The first kappa shape index (κ1) is 22.0. The van der Waals surface area contributed by atoms with Gasteiger partial charge in [0.1, 0.15) is 0 Å². The third-order valence-corrected chi connectivity index (χ3v) is 4.26. The largest absolute Gasteiger partial charge is 1.00 e. The molecule has 0 radical (unpaired) electrons. The quantitative estimate of drug-likeness (QED) is 0.427. The van der Waals surface area contributed by atoms with Gasteiger partial charge in [-0.3, -0.25) is 0 Å². The molecule has 0 fully saturated rings. The second-order valence-electron chi connectivity index (χ2n) is 5.30. The van der Waals surface area contributed by atoms with Crippen LogP contribution in [0.1, 0.15) is 20.8 Å². The van der Waals surface area contributed by atoms with Crippen LogP contribution in [0.3, 0.4) is 0 Å². The minimum absolute atomic E-state index is 0. The van der Waals surface area contributed by atoms with E-state index in [4.69, 9.17) is 0 Å². The van der Waals surface area contributed by atoms with E-state index < -0.39 is 0 Å². The van der Waals surface area contributed by atoms with Crippen molar-refractivity contribution in [1.29, 1.82) is 0 Å². The van der Waals surface area contributed by atoms with Gasteiger partial charge >= 0.3 is 114 Å². The minimum atomic E-state index is 0. The van der Waals surface area contributed by atoms with Crippen molar-refractivity contribution in [2.75, 3.05) is 6.54 Å². The summed E-state index contributed by atoms with van der Waals surface area (Å²) in [6, 6.07) is 10.8. The van der Waals surface area contributed by atoms with Crippen molar-refractivity contribution < 1.29 is 61.9 Å². The molecule has 0 saturated carbocycles. The average Bonchev–Trinajstić information content (AvgIpc) is 2.61. The molecule has 0 N–H and O–H groups in total. The predicted octanol–water partition coefficient (Wildman–Crippen LogP) is -7.02. The molecule has 0 bridgehead atoms. The van der Waals surface area contributed by atoms with Crippen LogP contribution in [-0.2, 0) is 24.7 Å². The summed E-state index contributed by atoms with van der Waals surface area (Å²) in [5.74, 6) is 0. The van der Waals surface area contributed by atoms with Crippen molar-refractivity contribution in [2.45, 2.75) is 26.3 Å². The molecule has 1 aliphatic heterocycles. The van der Waals surface area contributed by atoms with Crippen LogP contribution < -0.4 is 42.7 Å². The first-order valence-corrected chi connectivity index (χ1v) is 6.96. The summed E-state index contributed by atoms with van der Waals surface area (Å²) in [5, 5.41) is 0. The molecule has 1 aromatic rings. The van der Waals surface area contributed by atoms with Crippen LogP contribution in [-0.4, -0.2) is 23.7 Å². The summed E-state index contributed by atoms with van der Waals surface area (Å²) in [4.78, 5) is 2.58. The Morgan fingerprint density at radius 3 is 2.05 bits per heavy atom. The minimum Gasteiger partial charge on any atom is -1.00 e. The van der Waals surface area contributed by atoms with Gasteiger partial charge in [0.25, 0.3) is 0 Å². The first-order valence-electron chi connectivity index (χ1n) is 5.73. The Balaban J connectivity index is 0. The summed E-state index contributed by atoms with van der Waals surface area (Å²) in [6.07, 6.45) is 2.39. The first-order chi connectivity index (χ1) is 7.50. The standard InChI is InChI=1S/C13H17BN.3ClH.Zr/c1-13(2,3)15-11-7-10-14(15)12-8-5-4-6-9-12;;;;/h4-9H,11H2,1-3H3;3*1H;/q;;;;+3/p-3. The number of hydrogen-bond acceptors (Lipinski definition) is 1. The molecule has 0 saturated heterocycles. The van der Waals surface area contributed by atoms with E-state index in [9.17, 15) is 0 Å². The average molecular weight is 396 g/mol. The van der Waals surface area contributed by atoms with Gasteiger partial charge in [-0.25, -0.2) is 0 Å². The van der Waals surface area contributed by atoms with Gasteiger partial charge in [-0.2, -0.15) is 0 Å². The molecule has 102 valence electrons. The van der Waals surface area contributed by atoms with Crippen molar-refractivity contribution in [3.8, 4) is 0 Å². The maximum absolute atomic E-state index is 2.58. The van der Waals surface area contributed by atoms with Gasteiger partial charge in [-0.15, -0.1) is 0 Å². The second kappa shape index (κ2) is 8.90. The Labute approximate surface area is 150 Å². The molecule has 2 rings (SSSR count). The SMILES string of the molecule is CC(C)(C)N1CC=[C]([Zr+3])B1c1ccccc1.[Cl-].[Cl-].[Cl-]. The van der Waals surface area contributed by atoms with E-state index in [1.54, 1.807) is 27.9 Å². The molecule has 1 heterocycles. The fourth-order valence-corrected chi connectivity index (χ4v) is 3.25. The van der Waals surface area contributed by atoms with Crippen molar-refractivity contribution in [3.05, 3.63) is 39.6 Å². The number of nitrogens with zero attached hydrogens (tertiary/aromatic N) is 1. The van der Waals surface area contributed by atoms with Gasteiger partial charge in [0.15, 0.2) is 0 Å². The Bertz CT molecular complexity index is 406. The van der Waals surface area contributed by atoms with E-state index in [0.29, 0.717) is 6.85 Å². The summed E-state index contributed by atoms with van der Waals surface area (Å²) in [7, 11) is 0. The van der Waals surface area contributed by atoms with Crippen LogP contribution in [0.15, 0.2) is 39.6 Å². The fraction of sp³-hybridized carbons (Fsp3) is 0.385.